The zero-order valence-corrected chi connectivity index (χ0v) is 12.3. The van der Waals surface area contributed by atoms with Crippen LogP contribution in [0.25, 0.3) is 10.9 Å². The van der Waals surface area contributed by atoms with E-state index in [4.69, 9.17) is 0 Å². The van der Waals surface area contributed by atoms with Crippen molar-refractivity contribution < 1.29 is 4.79 Å². The molecule has 0 aliphatic heterocycles. The van der Waals surface area contributed by atoms with Crippen molar-refractivity contribution in [3.05, 3.63) is 59.0 Å². The molecule has 0 atom stereocenters. The van der Waals surface area contributed by atoms with Crippen LogP contribution in [-0.4, -0.2) is 22.4 Å². The minimum Gasteiger partial charge on any atom is -0.362 e. The highest BCUT2D eigenvalue weighted by atomic mass is 16.1. The van der Waals surface area contributed by atoms with Crippen molar-refractivity contribution in [3.8, 4) is 0 Å². The predicted molar refractivity (Wildman–Crippen MR) is 84.6 cm³/mol. The molecule has 3 aromatic rings. The van der Waals surface area contributed by atoms with Crippen molar-refractivity contribution in [1.29, 1.82) is 0 Å². The van der Waals surface area contributed by atoms with E-state index < -0.39 is 0 Å². The molecule has 2 aromatic heterocycles. The van der Waals surface area contributed by atoms with Gasteiger partial charge in [0.25, 0.3) is 5.91 Å². The summed E-state index contributed by atoms with van der Waals surface area (Å²) in [7, 11) is 0. The zero-order chi connectivity index (χ0) is 14.8. The largest absolute Gasteiger partial charge is 0.362 e. The molecule has 0 aliphatic carbocycles. The number of aromatic nitrogens is 2. The Balaban J connectivity index is 1.64. The Morgan fingerprint density at radius 1 is 1.24 bits per heavy atom. The number of hydrogen-bond acceptors (Lipinski definition) is 1. The summed E-state index contributed by atoms with van der Waals surface area (Å²) in [4.78, 5) is 18.5. The molecule has 0 saturated heterocycles. The smallest absolute Gasteiger partial charge is 0.253 e. The standard InChI is InChI=1S/C17H19N3O/c1-11-9-15(12(2)20-11)17(21)18-8-7-13-10-19-16-6-4-3-5-14(13)16/h3-6,9-10,19-20H,7-8H2,1-2H3,(H,18,21). The molecule has 2 heterocycles. The van der Waals surface area contributed by atoms with Gasteiger partial charge in [0.1, 0.15) is 0 Å². The summed E-state index contributed by atoms with van der Waals surface area (Å²) in [5.41, 5.74) is 5.02. The fraction of sp³-hybridized carbons (Fsp3) is 0.235. The first-order chi connectivity index (χ1) is 10.1. The van der Waals surface area contributed by atoms with Crippen molar-refractivity contribution in [3.63, 3.8) is 0 Å². The summed E-state index contributed by atoms with van der Waals surface area (Å²) < 4.78 is 0. The zero-order valence-electron chi connectivity index (χ0n) is 12.3. The molecular weight excluding hydrogens is 262 g/mol. The van der Waals surface area contributed by atoms with Gasteiger partial charge in [0.05, 0.1) is 5.56 Å². The molecule has 3 N–H and O–H groups in total. The van der Waals surface area contributed by atoms with Gasteiger partial charge in [0, 0.05) is 35.0 Å². The van der Waals surface area contributed by atoms with Crippen LogP contribution in [0.1, 0.15) is 27.3 Å². The molecule has 1 aromatic carbocycles. The fourth-order valence-corrected chi connectivity index (χ4v) is 2.70. The van der Waals surface area contributed by atoms with Crippen LogP contribution in [0, 0.1) is 13.8 Å². The van der Waals surface area contributed by atoms with Gasteiger partial charge in [0.15, 0.2) is 0 Å². The molecule has 0 bridgehead atoms. The van der Waals surface area contributed by atoms with Gasteiger partial charge in [-0.3, -0.25) is 4.79 Å². The third-order valence-corrected chi connectivity index (χ3v) is 3.75. The second-order valence-electron chi connectivity index (χ2n) is 5.36. The molecule has 0 spiro atoms. The average molecular weight is 281 g/mol. The lowest BCUT2D eigenvalue weighted by molar-refractivity contribution is 0.0953. The number of benzene rings is 1. The Morgan fingerprint density at radius 3 is 2.81 bits per heavy atom. The number of rotatable bonds is 4. The molecule has 0 radical (unpaired) electrons. The lowest BCUT2D eigenvalue weighted by Gasteiger charge is -2.04. The molecule has 0 aliphatic rings. The van der Waals surface area contributed by atoms with Crippen molar-refractivity contribution >= 4 is 16.8 Å². The van der Waals surface area contributed by atoms with Gasteiger partial charge in [0.2, 0.25) is 0 Å². The lowest BCUT2D eigenvalue weighted by Crippen LogP contribution is -2.25. The molecule has 1 amide bonds. The number of fused-ring (bicyclic) bond motifs is 1. The highest BCUT2D eigenvalue weighted by Crippen LogP contribution is 2.17. The normalized spacial score (nSPS) is 11.0. The van der Waals surface area contributed by atoms with Crippen LogP contribution in [0.2, 0.25) is 0 Å². The van der Waals surface area contributed by atoms with Crippen LogP contribution in [0.5, 0.6) is 0 Å². The van der Waals surface area contributed by atoms with E-state index >= 15 is 0 Å². The first kappa shape index (κ1) is 13.5. The number of carbonyl (C=O) groups excluding carboxylic acids is 1. The van der Waals surface area contributed by atoms with Crippen molar-refractivity contribution in [2.24, 2.45) is 0 Å². The van der Waals surface area contributed by atoms with Gasteiger partial charge in [-0.05, 0) is 38.0 Å². The first-order valence-corrected chi connectivity index (χ1v) is 7.14. The highest BCUT2D eigenvalue weighted by Gasteiger charge is 2.11. The van der Waals surface area contributed by atoms with Gasteiger partial charge in [-0.15, -0.1) is 0 Å². The molecule has 108 valence electrons. The van der Waals surface area contributed by atoms with Crippen molar-refractivity contribution in [2.75, 3.05) is 6.54 Å². The van der Waals surface area contributed by atoms with Gasteiger partial charge in [-0.25, -0.2) is 0 Å². The van der Waals surface area contributed by atoms with Crippen LogP contribution in [0.4, 0.5) is 0 Å². The van der Waals surface area contributed by atoms with Crippen molar-refractivity contribution in [2.45, 2.75) is 20.3 Å². The second-order valence-corrected chi connectivity index (χ2v) is 5.36. The first-order valence-electron chi connectivity index (χ1n) is 7.14. The average Bonchev–Trinajstić information content (AvgIpc) is 3.02. The molecule has 21 heavy (non-hydrogen) atoms. The number of carbonyl (C=O) groups is 1. The number of nitrogens with one attached hydrogen (secondary N) is 3. The van der Waals surface area contributed by atoms with Crippen LogP contribution in [-0.2, 0) is 6.42 Å². The number of H-pyrrole nitrogens is 2. The van der Waals surface area contributed by atoms with E-state index in [1.165, 1.54) is 10.9 Å². The van der Waals surface area contributed by atoms with E-state index in [1.807, 2.05) is 38.2 Å². The third kappa shape index (κ3) is 2.70. The minimum atomic E-state index is -0.0170. The van der Waals surface area contributed by atoms with E-state index in [2.05, 4.69) is 27.4 Å². The second kappa shape index (κ2) is 5.48. The Bertz CT molecular complexity index is 782. The molecular formula is C17H19N3O. The van der Waals surface area contributed by atoms with Crippen LogP contribution >= 0.6 is 0 Å². The van der Waals surface area contributed by atoms with Crippen molar-refractivity contribution in [1.82, 2.24) is 15.3 Å². The third-order valence-electron chi connectivity index (χ3n) is 3.75. The summed E-state index contributed by atoms with van der Waals surface area (Å²) in [6.07, 6.45) is 2.83. The molecule has 0 unspecified atom stereocenters. The maximum atomic E-state index is 12.1. The molecule has 0 saturated carbocycles. The summed E-state index contributed by atoms with van der Waals surface area (Å²) >= 11 is 0. The lowest BCUT2D eigenvalue weighted by atomic mass is 10.1. The fourth-order valence-electron chi connectivity index (χ4n) is 2.70. The Labute approximate surface area is 123 Å². The summed E-state index contributed by atoms with van der Waals surface area (Å²) in [6, 6.07) is 10.1. The summed E-state index contributed by atoms with van der Waals surface area (Å²) in [5.74, 6) is -0.0170. The summed E-state index contributed by atoms with van der Waals surface area (Å²) in [6.45, 7) is 4.50. The van der Waals surface area contributed by atoms with E-state index in [0.29, 0.717) is 6.54 Å². The number of hydrogen-bond donors (Lipinski definition) is 3. The maximum Gasteiger partial charge on any atom is 0.253 e. The molecule has 3 rings (SSSR count). The van der Waals surface area contributed by atoms with E-state index in [-0.39, 0.29) is 5.91 Å². The van der Waals surface area contributed by atoms with E-state index in [0.717, 1.165) is 28.9 Å². The summed E-state index contributed by atoms with van der Waals surface area (Å²) in [5, 5.41) is 4.21. The van der Waals surface area contributed by atoms with E-state index in [9.17, 15) is 4.79 Å². The predicted octanol–water partition coefficient (Wildman–Crippen LogP) is 3.09. The SMILES string of the molecule is Cc1cc(C(=O)NCCc2c[nH]c3ccccc23)c(C)[nH]1. The molecule has 0 fully saturated rings. The number of amides is 1. The quantitative estimate of drug-likeness (QED) is 0.676. The Kier molecular flexibility index (Phi) is 3.52. The molecule has 4 heteroatoms. The van der Waals surface area contributed by atoms with Gasteiger partial charge < -0.3 is 15.3 Å². The molecule has 4 nitrogen and oxygen atoms in total. The van der Waals surface area contributed by atoms with E-state index in [1.54, 1.807) is 0 Å². The van der Waals surface area contributed by atoms with Gasteiger partial charge in [-0.1, -0.05) is 18.2 Å². The Hall–Kier alpha value is -2.49. The minimum absolute atomic E-state index is 0.0170. The number of aromatic amines is 2. The Morgan fingerprint density at radius 2 is 2.05 bits per heavy atom. The van der Waals surface area contributed by atoms with Gasteiger partial charge >= 0.3 is 0 Å². The van der Waals surface area contributed by atoms with Crippen LogP contribution in [0.15, 0.2) is 36.5 Å². The monoisotopic (exact) mass is 281 g/mol. The maximum absolute atomic E-state index is 12.1. The van der Waals surface area contributed by atoms with Crippen LogP contribution < -0.4 is 5.32 Å². The van der Waals surface area contributed by atoms with Crippen LogP contribution in [0.3, 0.4) is 0 Å². The highest BCUT2D eigenvalue weighted by molar-refractivity contribution is 5.95. The topological polar surface area (TPSA) is 60.7 Å². The number of para-hydroxylation sites is 1. The van der Waals surface area contributed by atoms with Gasteiger partial charge in [-0.2, -0.15) is 0 Å². The number of aryl methyl sites for hydroxylation is 2.